The molecule has 0 spiro atoms. The van der Waals surface area contributed by atoms with Crippen LogP contribution in [0.3, 0.4) is 0 Å². The van der Waals surface area contributed by atoms with Gasteiger partial charge >= 0.3 is 0 Å². The zero-order valence-electron chi connectivity index (χ0n) is 13.1. The number of halogens is 1. The number of fused-ring (bicyclic) bond motifs is 1. The van der Waals surface area contributed by atoms with Gasteiger partial charge in [-0.25, -0.2) is 4.98 Å². The smallest absolute Gasteiger partial charge is 0.134 e. The van der Waals surface area contributed by atoms with E-state index >= 15 is 0 Å². The molecule has 0 aliphatic carbocycles. The molecule has 4 heteroatoms. The lowest BCUT2D eigenvalue weighted by Crippen LogP contribution is -2.34. The molecule has 2 rings (SSSR count). The molecule has 0 fully saturated rings. The highest BCUT2D eigenvalue weighted by molar-refractivity contribution is 6.17. The van der Waals surface area contributed by atoms with E-state index in [-0.39, 0.29) is 11.5 Å². The summed E-state index contributed by atoms with van der Waals surface area (Å²) in [5.41, 5.74) is 0.109. The first-order chi connectivity index (χ1) is 9.95. The van der Waals surface area contributed by atoms with E-state index in [2.05, 4.69) is 37.1 Å². The maximum atomic E-state index is 5.95. The number of anilines is 1. The lowest BCUT2D eigenvalue weighted by atomic mass is 9.85. The molecule has 1 unspecified atom stereocenters. The van der Waals surface area contributed by atoms with Crippen LogP contribution >= 0.6 is 11.6 Å². The second kappa shape index (κ2) is 6.52. The largest absolute Gasteiger partial charge is 0.497 e. The molecule has 1 aromatic heterocycles. The lowest BCUT2D eigenvalue weighted by molar-refractivity contribution is 0.334. The number of pyridine rings is 1. The number of rotatable bonds is 5. The van der Waals surface area contributed by atoms with Gasteiger partial charge in [0.25, 0.3) is 0 Å². The third-order valence-electron chi connectivity index (χ3n) is 3.73. The van der Waals surface area contributed by atoms with Crippen LogP contribution in [-0.2, 0) is 0 Å². The van der Waals surface area contributed by atoms with Crippen LogP contribution in [0.2, 0.25) is 0 Å². The van der Waals surface area contributed by atoms with E-state index < -0.39 is 0 Å². The van der Waals surface area contributed by atoms with Gasteiger partial charge in [-0.2, -0.15) is 0 Å². The van der Waals surface area contributed by atoms with Gasteiger partial charge in [-0.05, 0) is 35.4 Å². The number of hydrogen-bond donors (Lipinski definition) is 1. The van der Waals surface area contributed by atoms with E-state index in [1.807, 2.05) is 24.4 Å². The Morgan fingerprint density at radius 1 is 1.29 bits per heavy atom. The molecular formula is C17H23ClN2O. The minimum absolute atomic E-state index is 0.109. The molecule has 0 saturated heterocycles. The van der Waals surface area contributed by atoms with Crippen LogP contribution in [0.25, 0.3) is 10.8 Å². The van der Waals surface area contributed by atoms with Gasteiger partial charge in [0, 0.05) is 23.5 Å². The topological polar surface area (TPSA) is 34.1 Å². The van der Waals surface area contributed by atoms with Gasteiger partial charge in [0.1, 0.15) is 11.6 Å². The first kappa shape index (κ1) is 15.9. The van der Waals surface area contributed by atoms with Crippen LogP contribution in [0.4, 0.5) is 5.82 Å². The molecule has 114 valence electrons. The Hall–Kier alpha value is -1.48. The van der Waals surface area contributed by atoms with E-state index in [0.29, 0.717) is 5.88 Å². The summed E-state index contributed by atoms with van der Waals surface area (Å²) in [6, 6.07) is 8.30. The Balaban J connectivity index is 2.40. The van der Waals surface area contributed by atoms with Crippen molar-refractivity contribution in [1.82, 2.24) is 4.98 Å². The predicted molar refractivity (Wildman–Crippen MR) is 90.5 cm³/mol. The molecule has 0 bridgehead atoms. The minimum atomic E-state index is 0.109. The summed E-state index contributed by atoms with van der Waals surface area (Å²) in [4.78, 5) is 4.51. The van der Waals surface area contributed by atoms with Crippen LogP contribution < -0.4 is 10.1 Å². The zero-order chi connectivity index (χ0) is 15.5. The summed E-state index contributed by atoms with van der Waals surface area (Å²) >= 11 is 5.95. The fourth-order valence-electron chi connectivity index (χ4n) is 2.39. The summed E-state index contributed by atoms with van der Waals surface area (Å²) in [7, 11) is 1.68. The number of hydrogen-bond acceptors (Lipinski definition) is 3. The van der Waals surface area contributed by atoms with E-state index in [9.17, 15) is 0 Å². The maximum Gasteiger partial charge on any atom is 0.134 e. The SMILES string of the molecule is COc1ccc2ccnc(NC(CCCl)C(C)(C)C)c2c1. The van der Waals surface area contributed by atoms with Gasteiger partial charge in [0.05, 0.1) is 7.11 Å². The summed E-state index contributed by atoms with van der Waals surface area (Å²) in [6.07, 6.45) is 2.73. The van der Waals surface area contributed by atoms with Crippen molar-refractivity contribution >= 4 is 28.2 Å². The fourth-order valence-corrected chi connectivity index (χ4v) is 2.60. The highest BCUT2D eigenvalue weighted by Gasteiger charge is 2.24. The highest BCUT2D eigenvalue weighted by Crippen LogP contribution is 2.30. The number of ether oxygens (including phenoxy) is 1. The lowest BCUT2D eigenvalue weighted by Gasteiger charge is -2.32. The molecule has 0 aliphatic rings. The van der Waals surface area contributed by atoms with Gasteiger partial charge in [-0.15, -0.1) is 11.6 Å². The van der Waals surface area contributed by atoms with Crippen molar-refractivity contribution in [3.63, 3.8) is 0 Å². The normalized spacial score (nSPS) is 13.2. The third kappa shape index (κ3) is 3.79. The average Bonchev–Trinajstić information content (AvgIpc) is 2.45. The number of benzene rings is 1. The van der Waals surface area contributed by atoms with Crippen LogP contribution in [0.15, 0.2) is 30.5 Å². The van der Waals surface area contributed by atoms with Gasteiger partial charge in [0.2, 0.25) is 0 Å². The molecule has 2 aromatic rings. The van der Waals surface area contributed by atoms with Crippen molar-refractivity contribution in [2.24, 2.45) is 5.41 Å². The highest BCUT2D eigenvalue weighted by atomic mass is 35.5. The molecule has 21 heavy (non-hydrogen) atoms. The molecular weight excluding hydrogens is 284 g/mol. The predicted octanol–water partition coefficient (Wildman–Crippen LogP) is 4.70. The Kier molecular flexibility index (Phi) is 4.94. The van der Waals surface area contributed by atoms with Crippen molar-refractivity contribution in [3.8, 4) is 5.75 Å². The minimum Gasteiger partial charge on any atom is -0.497 e. The third-order valence-corrected chi connectivity index (χ3v) is 3.95. The van der Waals surface area contributed by atoms with Crippen molar-refractivity contribution < 1.29 is 4.74 Å². The molecule has 0 saturated carbocycles. The fraction of sp³-hybridized carbons (Fsp3) is 0.471. The number of nitrogens with one attached hydrogen (secondary N) is 1. The Morgan fingerprint density at radius 3 is 2.67 bits per heavy atom. The standard InChI is InChI=1S/C17H23ClN2O/c1-17(2,3)15(7-9-18)20-16-14-11-13(21-4)6-5-12(14)8-10-19-16/h5-6,8,10-11,15H,7,9H2,1-4H3,(H,19,20). The first-order valence-corrected chi connectivity index (χ1v) is 7.74. The molecule has 3 nitrogen and oxygen atoms in total. The second-order valence-corrected chi connectivity index (χ2v) is 6.67. The van der Waals surface area contributed by atoms with E-state index in [0.717, 1.165) is 28.8 Å². The van der Waals surface area contributed by atoms with Crippen LogP contribution in [-0.4, -0.2) is 24.0 Å². The van der Waals surface area contributed by atoms with Crippen molar-refractivity contribution in [2.75, 3.05) is 18.3 Å². The van der Waals surface area contributed by atoms with Gasteiger partial charge in [0.15, 0.2) is 0 Å². The van der Waals surface area contributed by atoms with Gasteiger partial charge in [-0.1, -0.05) is 26.8 Å². The van der Waals surface area contributed by atoms with Crippen molar-refractivity contribution in [1.29, 1.82) is 0 Å². The van der Waals surface area contributed by atoms with Crippen molar-refractivity contribution in [3.05, 3.63) is 30.5 Å². The monoisotopic (exact) mass is 306 g/mol. The van der Waals surface area contributed by atoms with Crippen LogP contribution in [0.1, 0.15) is 27.2 Å². The second-order valence-electron chi connectivity index (χ2n) is 6.29. The van der Waals surface area contributed by atoms with E-state index in [4.69, 9.17) is 16.3 Å². The quantitative estimate of drug-likeness (QED) is 0.813. The first-order valence-electron chi connectivity index (χ1n) is 7.21. The van der Waals surface area contributed by atoms with Crippen LogP contribution in [0.5, 0.6) is 5.75 Å². The Morgan fingerprint density at radius 2 is 2.05 bits per heavy atom. The van der Waals surface area contributed by atoms with E-state index in [1.54, 1.807) is 7.11 Å². The molecule has 1 heterocycles. The van der Waals surface area contributed by atoms with E-state index in [1.165, 1.54) is 0 Å². The molecule has 1 atom stereocenters. The Labute approximate surface area is 131 Å². The number of methoxy groups -OCH3 is 1. The summed E-state index contributed by atoms with van der Waals surface area (Å²) in [5, 5.41) is 5.78. The van der Waals surface area contributed by atoms with Gasteiger partial charge < -0.3 is 10.1 Å². The molecule has 0 amide bonds. The summed E-state index contributed by atoms with van der Waals surface area (Å²) in [5.74, 6) is 2.35. The number of nitrogens with zero attached hydrogens (tertiary/aromatic N) is 1. The average molecular weight is 307 g/mol. The summed E-state index contributed by atoms with van der Waals surface area (Å²) in [6.45, 7) is 6.63. The van der Waals surface area contributed by atoms with Gasteiger partial charge in [-0.3, -0.25) is 0 Å². The number of aromatic nitrogens is 1. The maximum absolute atomic E-state index is 5.95. The molecule has 0 radical (unpaired) electrons. The Bertz CT molecular complexity index is 607. The van der Waals surface area contributed by atoms with Crippen molar-refractivity contribution in [2.45, 2.75) is 33.2 Å². The van der Waals surface area contributed by atoms with Crippen LogP contribution in [0, 0.1) is 5.41 Å². The molecule has 0 aliphatic heterocycles. The molecule has 1 N–H and O–H groups in total. The zero-order valence-corrected chi connectivity index (χ0v) is 13.9. The molecule has 1 aromatic carbocycles. The summed E-state index contributed by atoms with van der Waals surface area (Å²) < 4.78 is 5.32. The number of alkyl halides is 1.